The fourth-order valence-corrected chi connectivity index (χ4v) is 1.47. The van der Waals surface area contributed by atoms with Crippen molar-refractivity contribution >= 4 is 11.6 Å². The first-order valence-electron chi connectivity index (χ1n) is 5.85. The lowest BCUT2D eigenvalue weighted by Gasteiger charge is -2.10. The second-order valence-corrected chi connectivity index (χ2v) is 4.22. The van der Waals surface area contributed by atoms with E-state index in [1.54, 1.807) is 12.1 Å². The Morgan fingerprint density at radius 2 is 2.06 bits per heavy atom. The van der Waals surface area contributed by atoms with E-state index in [0.717, 1.165) is 5.56 Å². The van der Waals surface area contributed by atoms with Crippen molar-refractivity contribution in [1.82, 2.24) is 5.32 Å². The Bertz CT molecular complexity index is 364. The van der Waals surface area contributed by atoms with Crippen LogP contribution in [0.25, 0.3) is 0 Å². The van der Waals surface area contributed by atoms with Gasteiger partial charge in [0.15, 0.2) is 0 Å². The summed E-state index contributed by atoms with van der Waals surface area (Å²) < 4.78 is 0. The molecule has 0 fully saturated rings. The quantitative estimate of drug-likeness (QED) is 0.701. The van der Waals surface area contributed by atoms with E-state index in [9.17, 15) is 4.79 Å². The highest BCUT2D eigenvalue weighted by Gasteiger charge is 2.05. The number of carbonyl (C=O) groups excluding carboxylic acids is 1. The van der Waals surface area contributed by atoms with Crippen LogP contribution in [0.4, 0.5) is 5.69 Å². The molecule has 0 aliphatic carbocycles. The van der Waals surface area contributed by atoms with E-state index in [0.29, 0.717) is 24.7 Å². The summed E-state index contributed by atoms with van der Waals surface area (Å²) in [5.74, 6) is -0.0425. The van der Waals surface area contributed by atoms with Crippen LogP contribution in [0.5, 0.6) is 0 Å². The molecule has 3 N–H and O–H groups in total. The van der Waals surface area contributed by atoms with E-state index in [4.69, 9.17) is 5.11 Å². The minimum Gasteiger partial charge on any atom is -0.392 e. The number of benzene rings is 1. The molecular formula is C13H20N2O2. The van der Waals surface area contributed by atoms with E-state index < -0.39 is 0 Å². The maximum atomic E-state index is 11.6. The van der Waals surface area contributed by atoms with Gasteiger partial charge in [-0.05, 0) is 6.07 Å². The molecule has 0 aromatic heterocycles. The molecule has 0 unspecified atom stereocenters. The predicted molar refractivity (Wildman–Crippen MR) is 68.8 cm³/mol. The molecule has 4 heteroatoms. The first-order chi connectivity index (χ1) is 8.13. The number of anilines is 1. The Hall–Kier alpha value is -1.39. The van der Waals surface area contributed by atoms with Gasteiger partial charge in [0.25, 0.3) is 0 Å². The third-order valence-corrected chi connectivity index (χ3v) is 2.37. The second-order valence-electron chi connectivity index (χ2n) is 4.22. The summed E-state index contributed by atoms with van der Waals surface area (Å²) in [5.41, 5.74) is 1.42. The van der Waals surface area contributed by atoms with Crippen molar-refractivity contribution < 1.29 is 9.90 Å². The molecule has 0 radical (unpaired) electrons. The molecule has 94 valence electrons. The number of nitrogens with one attached hydrogen (secondary N) is 2. The number of amides is 1. The van der Waals surface area contributed by atoms with Gasteiger partial charge in [0.05, 0.1) is 6.61 Å². The lowest BCUT2D eigenvalue weighted by molar-refractivity contribution is -0.116. The van der Waals surface area contributed by atoms with Gasteiger partial charge < -0.3 is 15.7 Å². The van der Waals surface area contributed by atoms with Gasteiger partial charge in [-0.3, -0.25) is 4.79 Å². The van der Waals surface area contributed by atoms with Crippen molar-refractivity contribution in [3.8, 4) is 0 Å². The molecule has 1 rings (SSSR count). The largest absolute Gasteiger partial charge is 0.392 e. The Labute approximate surface area is 102 Å². The van der Waals surface area contributed by atoms with Crippen LogP contribution in [0.1, 0.15) is 25.8 Å². The molecule has 0 saturated carbocycles. The fourth-order valence-electron chi connectivity index (χ4n) is 1.47. The standard InChI is InChI=1S/C13H20N2O2/c1-10(2)14-8-7-13(17)15-12-6-4-3-5-11(12)9-16/h3-6,10,14,16H,7-9H2,1-2H3,(H,15,17). The highest BCUT2D eigenvalue weighted by molar-refractivity contribution is 5.91. The van der Waals surface area contributed by atoms with Crippen molar-refractivity contribution in [2.45, 2.75) is 32.9 Å². The van der Waals surface area contributed by atoms with Crippen LogP contribution in [0.2, 0.25) is 0 Å². The van der Waals surface area contributed by atoms with Crippen LogP contribution in [-0.4, -0.2) is 23.6 Å². The Kier molecular flexibility index (Phi) is 5.66. The smallest absolute Gasteiger partial charge is 0.225 e. The van der Waals surface area contributed by atoms with Crippen LogP contribution in [0.3, 0.4) is 0 Å². The first-order valence-corrected chi connectivity index (χ1v) is 5.85. The lowest BCUT2D eigenvalue weighted by Crippen LogP contribution is -2.27. The molecule has 0 saturated heterocycles. The van der Waals surface area contributed by atoms with Gasteiger partial charge in [-0.1, -0.05) is 32.0 Å². The summed E-state index contributed by atoms with van der Waals surface area (Å²) in [6.45, 7) is 4.67. The van der Waals surface area contributed by atoms with Gasteiger partial charge in [-0.25, -0.2) is 0 Å². The molecule has 1 aromatic carbocycles. The molecule has 0 aliphatic rings. The van der Waals surface area contributed by atoms with Gasteiger partial charge >= 0.3 is 0 Å². The van der Waals surface area contributed by atoms with Gasteiger partial charge in [-0.2, -0.15) is 0 Å². The van der Waals surface area contributed by atoms with Crippen molar-refractivity contribution in [3.63, 3.8) is 0 Å². The molecule has 0 bridgehead atoms. The van der Waals surface area contributed by atoms with E-state index in [1.165, 1.54) is 0 Å². The first kappa shape index (κ1) is 13.7. The van der Waals surface area contributed by atoms with Crippen LogP contribution >= 0.6 is 0 Å². The average Bonchev–Trinajstić information content (AvgIpc) is 2.29. The molecule has 0 aliphatic heterocycles. The summed E-state index contributed by atoms with van der Waals surface area (Å²) in [4.78, 5) is 11.6. The Morgan fingerprint density at radius 1 is 1.35 bits per heavy atom. The molecule has 0 atom stereocenters. The zero-order valence-electron chi connectivity index (χ0n) is 10.4. The number of hydrogen-bond donors (Lipinski definition) is 3. The third-order valence-electron chi connectivity index (χ3n) is 2.37. The van der Waals surface area contributed by atoms with Crippen LogP contribution in [0.15, 0.2) is 24.3 Å². The maximum Gasteiger partial charge on any atom is 0.225 e. The zero-order valence-corrected chi connectivity index (χ0v) is 10.4. The Morgan fingerprint density at radius 3 is 2.71 bits per heavy atom. The monoisotopic (exact) mass is 236 g/mol. The van der Waals surface area contributed by atoms with Crippen molar-refractivity contribution in [1.29, 1.82) is 0 Å². The van der Waals surface area contributed by atoms with Gasteiger partial charge in [-0.15, -0.1) is 0 Å². The van der Waals surface area contributed by atoms with Crippen LogP contribution in [0, 0.1) is 0 Å². The zero-order chi connectivity index (χ0) is 12.7. The summed E-state index contributed by atoms with van der Waals surface area (Å²) >= 11 is 0. The second kappa shape index (κ2) is 7.04. The lowest BCUT2D eigenvalue weighted by atomic mass is 10.2. The molecule has 1 aromatic rings. The van der Waals surface area contributed by atoms with Gasteiger partial charge in [0, 0.05) is 30.3 Å². The van der Waals surface area contributed by atoms with Crippen LogP contribution < -0.4 is 10.6 Å². The average molecular weight is 236 g/mol. The predicted octanol–water partition coefficient (Wildman–Crippen LogP) is 1.51. The summed E-state index contributed by atoms with van der Waals surface area (Å²) in [5, 5.41) is 15.1. The van der Waals surface area contributed by atoms with E-state index in [-0.39, 0.29) is 12.5 Å². The summed E-state index contributed by atoms with van der Waals surface area (Å²) in [6, 6.07) is 7.64. The normalized spacial score (nSPS) is 10.6. The number of aliphatic hydroxyl groups is 1. The summed E-state index contributed by atoms with van der Waals surface area (Å²) in [7, 11) is 0. The summed E-state index contributed by atoms with van der Waals surface area (Å²) in [6.07, 6.45) is 0.429. The number of aliphatic hydroxyl groups excluding tert-OH is 1. The molecule has 0 heterocycles. The number of carbonyl (C=O) groups is 1. The van der Waals surface area contributed by atoms with Gasteiger partial charge in [0.1, 0.15) is 0 Å². The van der Waals surface area contributed by atoms with Crippen molar-refractivity contribution in [2.24, 2.45) is 0 Å². The molecule has 17 heavy (non-hydrogen) atoms. The minimum atomic E-state index is -0.0688. The number of rotatable bonds is 6. The molecule has 4 nitrogen and oxygen atoms in total. The van der Waals surface area contributed by atoms with Crippen molar-refractivity contribution in [2.75, 3.05) is 11.9 Å². The highest BCUT2D eigenvalue weighted by atomic mass is 16.3. The number of hydrogen-bond acceptors (Lipinski definition) is 3. The van der Waals surface area contributed by atoms with E-state index >= 15 is 0 Å². The highest BCUT2D eigenvalue weighted by Crippen LogP contribution is 2.14. The molecule has 0 spiro atoms. The Balaban J connectivity index is 2.45. The SMILES string of the molecule is CC(C)NCCC(=O)Nc1ccccc1CO. The van der Waals surface area contributed by atoms with Gasteiger partial charge in [0.2, 0.25) is 5.91 Å². The number of para-hydroxylation sites is 1. The van der Waals surface area contributed by atoms with Crippen molar-refractivity contribution in [3.05, 3.63) is 29.8 Å². The topological polar surface area (TPSA) is 61.4 Å². The van der Waals surface area contributed by atoms with E-state index in [2.05, 4.69) is 10.6 Å². The van der Waals surface area contributed by atoms with Crippen LogP contribution in [-0.2, 0) is 11.4 Å². The fraction of sp³-hybridized carbons (Fsp3) is 0.462. The minimum absolute atomic E-state index is 0.0425. The molecule has 1 amide bonds. The molecular weight excluding hydrogens is 216 g/mol. The third kappa shape index (κ3) is 4.97. The van der Waals surface area contributed by atoms with E-state index in [1.807, 2.05) is 26.0 Å². The maximum absolute atomic E-state index is 11.6.